The first-order chi connectivity index (χ1) is 11.7. The van der Waals surface area contributed by atoms with Crippen molar-refractivity contribution in [3.63, 3.8) is 0 Å². The molecular formula is C19H19N3O2. The number of rotatable bonds is 6. The maximum Gasteiger partial charge on any atom is 0.255 e. The second-order valence-electron chi connectivity index (χ2n) is 5.35. The third kappa shape index (κ3) is 4.01. The van der Waals surface area contributed by atoms with Crippen molar-refractivity contribution < 1.29 is 9.53 Å². The van der Waals surface area contributed by atoms with Gasteiger partial charge >= 0.3 is 0 Å². The molecule has 1 heterocycles. The molecule has 0 unspecified atom stereocenters. The van der Waals surface area contributed by atoms with Crippen LogP contribution in [0.15, 0.2) is 67.3 Å². The maximum absolute atomic E-state index is 12.3. The van der Waals surface area contributed by atoms with Crippen molar-refractivity contribution in [2.24, 2.45) is 0 Å². The molecule has 5 heteroatoms. The molecule has 3 aromatic rings. The Morgan fingerprint density at radius 3 is 2.75 bits per heavy atom. The average molecular weight is 321 g/mol. The van der Waals surface area contributed by atoms with E-state index in [0.717, 1.165) is 17.9 Å². The normalized spacial score (nSPS) is 10.4. The highest BCUT2D eigenvalue weighted by Crippen LogP contribution is 2.18. The van der Waals surface area contributed by atoms with Gasteiger partial charge in [0.05, 0.1) is 12.9 Å². The monoisotopic (exact) mass is 321 g/mol. The Balaban J connectivity index is 1.65. The Kier molecular flexibility index (Phi) is 4.91. The van der Waals surface area contributed by atoms with Crippen molar-refractivity contribution in [3.05, 3.63) is 78.4 Å². The number of benzene rings is 2. The molecule has 1 N–H and O–H groups in total. The maximum atomic E-state index is 12.3. The van der Waals surface area contributed by atoms with Crippen molar-refractivity contribution in [1.29, 1.82) is 0 Å². The standard InChI is InChI=1S/C19H19N3O2/c1-2-24-18-5-3-4-17(12-18)21-19(23)16-8-6-15(7-9-16)13-22-11-10-20-14-22/h3-12,14H,2,13H2,1H3,(H,21,23). The van der Waals surface area contributed by atoms with Crippen LogP contribution in [0.3, 0.4) is 0 Å². The third-order valence-electron chi connectivity index (χ3n) is 3.54. The molecule has 0 bridgehead atoms. The van der Waals surface area contributed by atoms with Crippen molar-refractivity contribution in [2.75, 3.05) is 11.9 Å². The summed E-state index contributed by atoms with van der Waals surface area (Å²) in [5, 5.41) is 2.89. The first-order valence-electron chi connectivity index (χ1n) is 7.83. The molecule has 0 radical (unpaired) electrons. The van der Waals surface area contributed by atoms with Crippen LogP contribution in [0, 0.1) is 0 Å². The molecule has 0 spiro atoms. The second-order valence-corrected chi connectivity index (χ2v) is 5.35. The average Bonchev–Trinajstić information content (AvgIpc) is 3.09. The lowest BCUT2D eigenvalue weighted by Crippen LogP contribution is -2.12. The fourth-order valence-electron chi connectivity index (χ4n) is 2.39. The van der Waals surface area contributed by atoms with Crippen LogP contribution in [-0.2, 0) is 6.54 Å². The number of ether oxygens (including phenoxy) is 1. The highest BCUT2D eigenvalue weighted by Gasteiger charge is 2.07. The van der Waals surface area contributed by atoms with E-state index < -0.39 is 0 Å². The number of nitrogens with zero attached hydrogens (tertiary/aromatic N) is 2. The predicted octanol–water partition coefficient (Wildman–Crippen LogP) is 3.58. The molecule has 122 valence electrons. The largest absolute Gasteiger partial charge is 0.494 e. The van der Waals surface area contributed by atoms with Gasteiger partial charge in [0.25, 0.3) is 5.91 Å². The fraction of sp³-hybridized carbons (Fsp3) is 0.158. The van der Waals surface area contributed by atoms with Crippen molar-refractivity contribution >= 4 is 11.6 Å². The minimum atomic E-state index is -0.141. The van der Waals surface area contributed by atoms with Gasteiger partial charge in [-0.05, 0) is 36.8 Å². The van der Waals surface area contributed by atoms with Crippen LogP contribution < -0.4 is 10.1 Å². The number of amides is 1. The van der Waals surface area contributed by atoms with Crippen LogP contribution in [0.5, 0.6) is 5.75 Å². The minimum absolute atomic E-state index is 0.141. The molecule has 2 aromatic carbocycles. The van der Waals surface area contributed by atoms with E-state index in [1.807, 2.05) is 66.2 Å². The van der Waals surface area contributed by atoms with Crippen LogP contribution >= 0.6 is 0 Å². The highest BCUT2D eigenvalue weighted by molar-refractivity contribution is 6.04. The van der Waals surface area contributed by atoms with Crippen LogP contribution in [0.2, 0.25) is 0 Å². The summed E-state index contributed by atoms with van der Waals surface area (Å²) in [6, 6.07) is 14.9. The van der Waals surface area contributed by atoms with Crippen molar-refractivity contribution in [3.8, 4) is 5.75 Å². The zero-order chi connectivity index (χ0) is 16.8. The number of carbonyl (C=O) groups excluding carboxylic acids is 1. The molecule has 3 rings (SSSR count). The lowest BCUT2D eigenvalue weighted by atomic mass is 10.1. The molecule has 0 fully saturated rings. The molecule has 0 aliphatic rings. The number of nitrogens with one attached hydrogen (secondary N) is 1. The number of anilines is 1. The summed E-state index contributed by atoms with van der Waals surface area (Å²) >= 11 is 0. The number of hydrogen-bond donors (Lipinski definition) is 1. The van der Waals surface area contributed by atoms with Gasteiger partial charge in [0.2, 0.25) is 0 Å². The Hall–Kier alpha value is -3.08. The first kappa shape index (κ1) is 15.8. The Morgan fingerprint density at radius 1 is 1.21 bits per heavy atom. The summed E-state index contributed by atoms with van der Waals surface area (Å²) in [6.07, 6.45) is 5.43. The van der Waals surface area contributed by atoms with Crippen LogP contribution in [-0.4, -0.2) is 22.1 Å². The summed E-state index contributed by atoms with van der Waals surface area (Å²) in [5.74, 6) is 0.601. The van der Waals surface area contributed by atoms with Gasteiger partial charge in [-0.3, -0.25) is 4.79 Å². The summed E-state index contributed by atoms with van der Waals surface area (Å²) in [5.41, 5.74) is 2.45. The lowest BCUT2D eigenvalue weighted by molar-refractivity contribution is 0.102. The first-order valence-corrected chi connectivity index (χ1v) is 7.83. The minimum Gasteiger partial charge on any atom is -0.494 e. The predicted molar refractivity (Wildman–Crippen MR) is 93.3 cm³/mol. The summed E-state index contributed by atoms with van der Waals surface area (Å²) in [7, 11) is 0. The van der Waals surface area contributed by atoms with E-state index in [9.17, 15) is 4.79 Å². The summed E-state index contributed by atoms with van der Waals surface area (Å²) in [4.78, 5) is 16.4. The molecule has 1 aromatic heterocycles. The van der Waals surface area contributed by atoms with Crippen molar-refractivity contribution in [2.45, 2.75) is 13.5 Å². The van der Waals surface area contributed by atoms with E-state index >= 15 is 0 Å². The molecular weight excluding hydrogens is 302 g/mol. The van der Waals surface area contributed by atoms with Crippen LogP contribution in [0.4, 0.5) is 5.69 Å². The second kappa shape index (κ2) is 7.46. The van der Waals surface area contributed by atoms with Gasteiger partial charge in [-0.15, -0.1) is 0 Å². The Morgan fingerprint density at radius 2 is 2.04 bits per heavy atom. The van der Waals surface area contributed by atoms with Crippen molar-refractivity contribution in [1.82, 2.24) is 9.55 Å². The molecule has 0 aliphatic heterocycles. The van der Waals surface area contributed by atoms with E-state index in [2.05, 4.69) is 10.3 Å². The Labute approximate surface area is 140 Å². The van der Waals surface area contributed by atoms with E-state index in [1.165, 1.54) is 0 Å². The topological polar surface area (TPSA) is 56.1 Å². The quantitative estimate of drug-likeness (QED) is 0.755. The number of aromatic nitrogens is 2. The molecule has 0 saturated carbocycles. The zero-order valence-corrected chi connectivity index (χ0v) is 13.5. The van der Waals surface area contributed by atoms with Gasteiger partial charge < -0.3 is 14.6 Å². The summed E-state index contributed by atoms with van der Waals surface area (Å²) in [6.45, 7) is 3.25. The van der Waals surface area contributed by atoms with E-state index in [4.69, 9.17) is 4.74 Å². The summed E-state index contributed by atoms with van der Waals surface area (Å²) < 4.78 is 7.42. The number of imidazole rings is 1. The van der Waals surface area contributed by atoms with E-state index in [1.54, 1.807) is 12.5 Å². The van der Waals surface area contributed by atoms with Gasteiger partial charge in [-0.25, -0.2) is 4.98 Å². The van der Waals surface area contributed by atoms with Gasteiger partial charge in [-0.2, -0.15) is 0 Å². The molecule has 0 aliphatic carbocycles. The fourth-order valence-corrected chi connectivity index (χ4v) is 2.39. The molecule has 24 heavy (non-hydrogen) atoms. The van der Waals surface area contributed by atoms with Gasteiger partial charge in [-0.1, -0.05) is 18.2 Å². The van der Waals surface area contributed by atoms with Gasteiger partial charge in [0, 0.05) is 36.3 Å². The van der Waals surface area contributed by atoms with Gasteiger partial charge in [0.1, 0.15) is 5.75 Å². The smallest absolute Gasteiger partial charge is 0.255 e. The van der Waals surface area contributed by atoms with E-state index in [-0.39, 0.29) is 5.91 Å². The third-order valence-corrected chi connectivity index (χ3v) is 3.54. The SMILES string of the molecule is CCOc1cccc(NC(=O)c2ccc(Cn3ccnc3)cc2)c1. The zero-order valence-electron chi connectivity index (χ0n) is 13.5. The lowest BCUT2D eigenvalue weighted by Gasteiger charge is -2.09. The van der Waals surface area contributed by atoms with Crippen LogP contribution in [0.25, 0.3) is 0 Å². The van der Waals surface area contributed by atoms with Crippen LogP contribution in [0.1, 0.15) is 22.8 Å². The molecule has 0 saturated heterocycles. The Bertz CT molecular complexity index is 796. The number of carbonyl (C=O) groups is 1. The number of hydrogen-bond acceptors (Lipinski definition) is 3. The molecule has 0 atom stereocenters. The highest BCUT2D eigenvalue weighted by atomic mass is 16.5. The molecule has 1 amide bonds. The van der Waals surface area contributed by atoms with E-state index in [0.29, 0.717) is 17.9 Å². The van der Waals surface area contributed by atoms with Gasteiger partial charge in [0.15, 0.2) is 0 Å². The molecule has 5 nitrogen and oxygen atoms in total.